The maximum Gasteiger partial charge on any atom is 0.215 e. The Morgan fingerprint density at radius 3 is 2.46 bits per heavy atom. The molecule has 4 nitrogen and oxygen atoms in total. The van der Waals surface area contributed by atoms with Crippen molar-refractivity contribution in [2.45, 2.75) is 38.4 Å². The fourth-order valence-corrected chi connectivity index (χ4v) is 2.64. The first-order valence-electron chi connectivity index (χ1n) is 4.43. The van der Waals surface area contributed by atoms with Gasteiger partial charge in [0.25, 0.3) is 0 Å². The van der Waals surface area contributed by atoms with E-state index in [2.05, 4.69) is 4.72 Å². The molecule has 0 rings (SSSR count). The highest BCUT2D eigenvalue weighted by molar-refractivity contribution is 7.90. The number of hydrogen-bond acceptors (Lipinski definition) is 3. The fraction of sp³-hybridized carbons (Fsp3) is 0.875. The zero-order valence-electron chi connectivity index (χ0n) is 8.08. The standard InChI is InChI=1S/C8H16N2O2S/c1-3-5-8(4-2)13(11,12)10-7-6-9/h8,10H,3-5,7H2,1-2H3. The number of nitriles is 1. The van der Waals surface area contributed by atoms with Crippen molar-refractivity contribution < 1.29 is 8.42 Å². The van der Waals surface area contributed by atoms with Gasteiger partial charge in [0, 0.05) is 0 Å². The van der Waals surface area contributed by atoms with E-state index in [1.807, 2.05) is 13.8 Å². The largest absolute Gasteiger partial charge is 0.215 e. The third kappa shape index (κ3) is 4.25. The van der Waals surface area contributed by atoms with Crippen molar-refractivity contribution in [2.75, 3.05) is 6.54 Å². The van der Waals surface area contributed by atoms with Crippen LogP contribution in [-0.2, 0) is 10.0 Å². The van der Waals surface area contributed by atoms with Crippen LogP contribution in [0.3, 0.4) is 0 Å². The van der Waals surface area contributed by atoms with Gasteiger partial charge in [-0.2, -0.15) is 5.26 Å². The van der Waals surface area contributed by atoms with E-state index in [4.69, 9.17) is 5.26 Å². The highest BCUT2D eigenvalue weighted by Gasteiger charge is 2.21. The van der Waals surface area contributed by atoms with Gasteiger partial charge in [0.2, 0.25) is 10.0 Å². The van der Waals surface area contributed by atoms with Gasteiger partial charge in [0.15, 0.2) is 0 Å². The SMILES string of the molecule is CCCC(CC)S(=O)(=O)NCC#N. The molecular formula is C8H16N2O2S. The molecule has 0 aliphatic heterocycles. The predicted molar refractivity (Wildman–Crippen MR) is 51.5 cm³/mol. The predicted octanol–water partition coefficient (Wildman–Crippen LogP) is 1.01. The molecule has 0 saturated carbocycles. The summed E-state index contributed by atoms with van der Waals surface area (Å²) >= 11 is 0. The smallest absolute Gasteiger partial charge is 0.212 e. The lowest BCUT2D eigenvalue weighted by molar-refractivity contribution is 0.553. The van der Waals surface area contributed by atoms with Crippen molar-refractivity contribution in [2.24, 2.45) is 0 Å². The molecule has 0 heterocycles. The average Bonchev–Trinajstić information content (AvgIpc) is 2.10. The van der Waals surface area contributed by atoms with Crippen LogP contribution in [0.5, 0.6) is 0 Å². The van der Waals surface area contributed by atoms with Crippen molar-refractivity contribution in [1.82, 2.24) is 4.72 Å². The Labute approximate surface area is 80.0 Å². The Balaban J connectivity index is 4.32. The zero-order chi connectivity index (χ0) is 10.3. The summed E-state index contributed by atoms with van der Waals surface area (Å²) in [5.41, 5.74) is 0. The number of rotatable bonds is 6. The van der Waals surface area contributed by atoms with Crippen LogP contribution >= 0.6 is 0 Å². The molecule has 0 aliphatic carbocycles. The minimum atomic E-state index is -3.27. The van der Waals surface area contributed by atoms with Crippen LogP contribution in [0.1, 0.15) is 33.1 Å². The van der Waals surface area contributed by atoms with Gasteiger partial charge in [0.05, 0.1) is 17.9 Å². The molecule has 13 heavy (non-hydrogen) atoms. The summed E-state index contributed by atoms with van der Waals surface area (Å²) in [6.07, 6.45) is 2.08. The van der Waals surface area contributed by atoms with Crippen LogP contribution in [0.25, 0.3) is 0 Å². The van der Waals surface area contributed by atoms with E-state index in [0.717, 1.165) is 6.42 Å². The molecule has 0 aromatic rings. The lowest BCUT2D eigenvalue weighted by Gasteiger charge is -2.13. The molecule has 76 valence electrons. The second kappa shape index (κ2) is 5.95. The molecule has 0 amide bonds. The zero-order valence-corrected chi connectivity index (χ0v) is 8.89. The van der Waals surface area contributed by atoms with Gasteiger partial charge >= 0.3 is 0 Å². The summed E-state index contributed by atoms with van der Waals surface area (Å²) < 4.78 is 25.2. The van der Waals surface area contributed by atoms with Gasteiger partial charge in [0.1, 0.15) is 0 Å². The number of sulfonamides is 1. The average molecular weight is 204 g/mol. The second-order valence-corrected chi connectivity index (χ2v) is 4.89. The maximum atomic E-state index is 11.4. The van der Waals surface area contributed by atoms with Crippen molar-refractivity contribution >= 4 is 10.0 Å². The molecule has 5 heteroatoms. The van der Waals surface area contributed by atoms with E-state index in [-0.39, 0.29) is 11.8 Å². The van der Waals surface area contributed by atoms with Gasteiger partial charge in [-0.25, -0.2) is 13.1 Å². The minimum absolute atomic E-state index is 0.136. The van der Waals surface area contributed by atoms with E-state index in [0.29, 0.717) is 12.8 Å². The van der Waals surface area contributed by atoms with Crippen LogP contribution in [0.2, 0.25) is 0 Å². The summed E-state index contributed by atoms with van der Waals surface area (Å²) in [7, 11) is -3.27. The molecule has 0 saturated heterocycles. The first kappa shape index (κ1) is 12.4. The van der Waals surface area contributed by atoms with Gasteiger partial charge in [-0.05, 0) is 12.8 Å². The van der Waals surface area contributed by atoms with Crippen LogP contribution in [0.4, 0.5) is 0 Å². The lowest BCUT2D eigenvalue weighted by atomic mass is 10.2. The number of hydrogen-bond donors (Lipinski definition) is 1. The van der Waals surface area contributed by atoms with Crippen LogP contribution in [-0.4, -0.2) is 20.2 Å². The molecular weight excluding hydrogens is 188 g/mol. The number of nitrogens with one attached hydrogen (secondary N) is 1. The maximum absolute atomic E-state index is 11.4. The first-order valence-corrected chi connectivity index (χ1v) is 5.98. The summed E-state index contributed by atoms with van der Waals surface area (Å²) in [4.78, 5) is 0. The molecule has 0 bridgehead atoms. The van der Waals surface area contributed by atoms with Crippen molar-refractivity contribution in [3.05, 3.63) is 0 Å². The van der Waals surface area contributed by atoms with Gasteiger partial charge < -0.3 is 0 Å². The Hall–Kier alpha value is -0.600. The molecule has 0 aromatic carbocycles. The van der Waals surface area contributed by atoms with E-state index >= 15 is 0 Å². The van der Waals surface area contributed by atoms with Gasteiger partial charge in [-0.15, -0.1) is 0 Å². The third-order valence-corrected chi connectivity index (χ3v) is 3.85. The summed E-state index contributed by atoms with van der Waals surface area (Å²) in [6, 6.07) is 1.75. The van der Waals surface area contributed by atoms with E-state index in [9.17, 15) is 8.42 Å². The van der Waals surface area contributed by atoms with E-state index in [1.54, 1.807) is 6.07 Å². The van der Waals surface area contributed by atoms with E-state index < -0.39 is 10.0 Å². The molecule has 0 aliphatic rings. The summed E-state index contributed by atoms with van der Waals surface area (Å²) in [5, 5.41) is 7.88. The monoisotopic (exact) mass is 204 g/mol. The summed E-state index contributed by atoms with van der Waals surface area (Å²) in [6.45, 7) is 3.65. The Bertz CT molecular complexity index is 266. The molecule has 1 atom stereocenters. The van der Waals surface area contributed by atoms with Crippen molar-refractivity contribution in [3.8, 4) is 6.07 Å². The molecule has 1 N–H and O–H groups in total. The van der Waals surface area contributed by atoms with Crippen molar-refractivity contribution in [3.63, 3.8) is 0 Å². The van der Waals surface area contributed by atoms with Crippen LogP contribution in [0.15, 0.2) is 0 Å². The highest BCUT2D eigenvalue weighted by Crippen LogP contribution is 2.10. The normalized spacial score (nSPS) is 13.6. The number of nitrogens with zero attached hydrogens (tertiary/aromatic N) is 1. The van der Waals surface area contributed by atoms with Gasteiger partial charge in [-0.1, -0.05) is 20.3 Å². The fourth-order valence-electron chi connectivity index (χ4n) is 1.15. The topological polar surface area (TPSA) is 70.0 Å². The highest BCUT2D eigenvalue weighted by atomic mass is 32.2. The van der Waals surface area contributed by atoms with Crippen LogP contribution in [0, 0.1) is 11.3 Å². The van der Waals surface area contributed by atoms with Crippen molar-refractivity contribution in [1.29, 1.82) is 5.26 Å². The third-order valence-electron chi connectivity index (χ3n) is 1.86. The van der Waals surface area contributed by atoms with E-state index in [1.165, 1.54) is 0 Å². The summed E-state index contributed by atoms with van der Waals surface area (Å²) in [5.74, 6) is 0. The molecule has 1 unspecified atom stereocenters. The molecule has 0 aromatic heterocycles. The Kier molecular flexibility index (Phi) is 5.67. The van der Waals surface area contributed by atoms with Crippen LogP contribution < -0.4 is 4.72 Å². The Morgan fingerprint density at radius 1 is 1.46 bits per heavy atom. The second-order valence-electron chi connectivity index (χ2n) is 2.84. The van der Waals surface area contributed by atoms with Gasteiger partial charge in [-0.3, -0.25) is 0 Å². The first-order chi connectivity index (χ1) is 6.08. The molecule has 0 fully saturated rings. The lowest BCUT2D eigenvalue weighted by Crippen LogP contribution is -2.34. The Morgan fingerprint density at radius 2 is 2.08 bits per heavy atom. The molecule has 0 spiro atoms. The quantitative estimate of drug-likeness (QED) is 0.656. The minimum Gasteiger partial charge on any atom is -0.212 e. The molecule has 0 radical (unpaired) electrons.